The molecule has 0 saturated carbocycles. The lowest BCUT2D eigenvalue weighted by atomic mass is 10.3. The quantitative estimate of drug-likeness (QED) is 0.580. The molecule has 0 fully saturated rings. The Kier molecular flexibility index (Phi) is 9.39. The van der Waals surface area contributed by atoms with Crippen molar-refractivity contribution in [3.8, 4) is 0 Å². The number of nitrogen functional groups attached to an aromatic ring is 1. The predicted octanol–water partition coefficient (Wildman–Crippen LogP) is 2.79. The molecule has 0 aromatic heterocycles. The van der Waals surface area contributed by atoms with Crippen LogP contribution < -0.4 is 10.5 Å². The van der Waals surface area contributed by atoms with Crippen LogP contribution in [-0.2, 0) is 19.1 Å². The second-order valence-electron chi connectivity index (χ2n) is 4.56. The number of hydrogen-bond donors (Lipinski definition) is 2. The van der Waals surface area contributed by atoms with E-state index in [-0.39, 0.29) is 17.2 Å². The van der Waals surface area contributed by atoms with Gasteiger partial charge in [0.2, 0.25) is 19.1 Å². The van der Waals surface area contributed by atoms with Gasteiger partial charge >= 0.3 is 0 Å². The van der Waals surface area contributed by atoms with Crippen molar-refractivity contribution < 1.29 is 25.6 Å². The van der Waals surface area contributed by atoms with Crippen LogP contribution in [0.15, 0.2) is 48.5 Å². The van der Waals surface area contributed by atoms with Gasteiger partial charge in [0.05, 0.1) is 23.9 Å². The molecule has 140 valence electrons. The van der Waals surface area contributed by atoms with E-state index in [0.717, 1.165) is 12.5 Å². The predicted molar refractivity (Wildman–Crippen MR) is 96.4 cm³/mol. The molecule has 2 aromatic rings. The number of nitrogens with one attached hydrogen (secondary N) is 1. The molecule has 0 atom stereocenters. The van der Waals surface area contributed by atoms with Crippen LogP contribution in [0, 0.1) is 11.6 Å². The zero-order valence-corrected chi connectivity index (χ0v) is 15.7. The van der Waals surface area contributed by atoms with E-state index in [0.29, 0.717) is 0 Å². The van der Waals surface area contributed by atoms with E-state index in [1.807, 2.05) is 4.72 Å². The largest absolute Gasteiger partial charge is 0.396 e. The summed E-state index contributed by atoms with van der Waals surface area (Å²) >= 11 is 0. The monoisotopic (exact) mass is 414 g/mol. The SMILES string of the molecule is CS(=O)(=O)Cl.CS(=O)(=O)Nc1ccccc1F.Nc1ccccc1F. The lowest BCUT2D eigenvalue weighted by molar-refractivity contribution is 0.603. The summed E-state index contributed by atoms with van der Waals surface area (Å²) in [5.74, 6) is -0.935. The van der Waals surface area contributed by atoms with Crippen LogP contribution >= 0.6 is 10.7 Å². The van der Waals surface area contributed by atoms with Crippen molar-refractivity contribution >= 4 is 41.1 Å². The minimum atomic E-state index is -3.39. The number of sulfonamides is 1. The summed E-state index contributed by atoms with van der Waals surface area (Å²) in [6.07, 6.45) is 1.90. The van der Waals surface area contributed by atoms with Crippen molar-refractivity contribution in [3.05, 3.63) is 60.2 Å². The third kappa shape index (κ3) is 14.2. The molecule has 0 saturated heterocycles. The third-order valence-electron chi connectivity index (χ3n) is 2.07. The molecule has 0 aliphatic carbocycles. The van der Waals surface area contributed by atoms with Gasteiger partial charge in [0.25, 0.3) is 0 Å². The second kappa shape index (κ2) is 10.2. The van der Waals surface area contributed by atoms with E-state index >= 15 is 0 Å². The molecule has 11 heteroatoms. The summed E-state index contributed by atoms with van der Waals surface area (Å²) in [6.45, 7) is 0. The fourth-order valence-electron chi connectivity index (χ4n) is 1.22. The first-order valence-corrected chi connectivity index (χ1v) is 11.0. The first-order chi connectivity index (χ1) is 11.3. The molecule has 0 heterocycles. The molecule has 0 spiro atoms. The van der Waals surface area contributed by atoms with Gasteiger partial charge in [-0.2, -0.15) is 0 Å². The van der Waals surface area contributed by atoms with E-state index in [1.54, 1.807) is 18.2 Å². The number of anilines is 2. The Hall–Kier alpha value is -1.91. The van der Waals surface area contributed by atoms with Crippen molar-refractivity contribution in [2.24, 2.45) is 0 Å². The molecule has 2 aromatic carbocycles. The van der Waals surface area contributed by atoms with Gasteiger partial charge in [0.15, 0.2) is 0 Å². The second-order valence-corrected chi connectivity index (χ2v) is 9.35. The maximum Gasteiger partial charge on any atom is 0.229 e. The molecular weight excluding hydrogens is 398 g/mol. The average Bonchev–Trinajstić information content (AvgIpc) is 2.42. The maximum atomic E-state index is 12.8. The molecule has 2 rings (SSSR count). The average molecular weight is 415 g/mol. The Morgan fingerprint density at radius 2 is 1.28 bits per heavy atom. The van der Waals surface area contributed by atoms with Crippen molar-refractivity contribution in [1.82, 2.24) is 0 Å². The first-order valence-electron chi connectivity index (χ1n) is 6.41. The van der Waals surface area contributed by atoms with Gasteiger partial charge in [-0.3, -0.25) is 4.72 Å². The number of benzene rings is 2. The Morgan fingerprint density at radius 1 is 0.880 bits per heavy atom. The van der Waals surface area contributed by atoms with Crippen LogP contribution in [0.2, 0.25) is 0 Å². The summed E-state index contributed by atoms with van der Waals surface area (Å²) < 4.78 is 67.2. The summed E-state index contributed by atoms with van der Waals surface area (Å²) in [4.78, 5) is 0. The fourth-order valence-corrected chi connectivity index (χ4v) is 1.78. The van der Waals surface area contributed by atoms with E-state index in [1.165, 1.54) is 30.3 Å². The summed E-state index contributed by atoms with van der Waals surface area (Å²) in [5.41, 5.74) is 5.32. The molecule has 0 unspecified atom stereocenters. The van der Waals surface area contributed by atoms with Crippen molar-refractivity contribution in [2.45, 2.75) is 0 Å². The minimum Gasteiger partial charge on any atom is -0.396 e. The fraction of sp³-hybridized carbons (Fsp3) is 0.143. The standard InChI is InChI=1S/C7H8FNO2S.C6H6FN.CH3ClO2S/c1-12(10,11)9-7-5-3-2-4-6(7)8;7-5-3-1-2-4-6(5)8;1-5(2,3)4/h2-5,9H,1H3;1-4H,8H2;1H3. The van der Waals surface area contributed by atoms with Crippen molar-refractivity contribution in [1.29, 1.82) is 0 Å². The van der Waals surface area contributed by atoms with Gasteiger partial charge in [-0.1, -0.05) is 24.3 Å². The van der Waals surface area contributed by atoms with Gasteiger partial charge in [-0.25, -0.2) is 25.6 Å². The molecule has 6 nitrogen and oxygen atoms in total. The van der Waals surface area contributed by atoms with Crippen LogP contribution in [0.25, 0.3) is 0 Å². The smallest absolute Gasteiger partial charge is 0.229 e. The Bertz CT molecular complexity index is 862. The van der Waals surface area contributed by atoms with E-state index in [2.05, 4.69) is 10.7 Å². The maximum absolute atomic E-state index is 12.8. The van der Waals surface area contributed by atoms with E-state index in [9.17, 15) is 25.6 Å². The van der Waals surface area contributed by atoms with Crippen molar-refractivity contribution in [3.63, 3.8) is 0 Å². The van der Waals surface area contributed by atoms with Crippen LogP contribution in [0.1, 0.15) is 0 Å². The van der Waals surface area contributed by atoms with Crippen LogP contribution in [0.5, 0.6) is 0 Å². The molecule has 0 amide bonds. The molecular formula is C14H17ClF2N2O4S2. The lowest BCUT2D eigenvalue weighted by Gasteiger charge is -2.03. The molecule has 0 radical (unpaired) electrons. The third-order valence-corrected chi connectivity index (χ3v) is 2.67. The minimum absolute atomic E-state index is 0.0278. The van der Waals surface area contributed by atoms with Crippen LogP contribution in [0.4, 0.5) is 20.2 Å². The van der Waals surface area contributed by atoms with Gasteiger partial charge in [-0.15, -0.1) is 0 Å². The molecule has 3 N–H and O–H groups in total. The first kappa shape index (κ1) is 23.1. The zero-order valence-electron chi connectivity index (χ0n) is 13.3. The highest BCUT2D eigenvalue weighted by Gasteiger charge is 2.05. The summed E-state index contributed by atoms with van der Waals surface area (Å²) in [7, 11) is -2.08. The zero-order chi connectivity index (χ0) is 19.7. The highest BCUT2D eigenvalue weighted by Crippen LogP contribution is 2.13. The van der Waals surface area contributed by atoms with E-state index in [4.69, 9.17) is 5.73 Å². The van der Waals surface area contributed by atoms with Gasteiger partial charge in [-0.05, 0) is 24.3 Å². The number of para-hydroxylation sites is 2. The molecule has 0 aliphatic heterocycles. The molecule has 25 heavy (non-hydrogen) atoms. The lowest BCUT2D eigenvalue weighted by Crippen LogP contribution is -2.10. The highest BCUT2D eigenvalue weighted by molar-refractivity contribution is 8.13. The Balaban J connectivity index is 0.000000382. The number of halogens is 3. The normalized spacial score (nSPS) is 10.6. The topological polar surface area (TPSA) is 106 Å². The van der Waals surface area contributed by atoms with E-state index < -0.39 is 24.9 Å². The van der Waals surface area contributed by atoms with Gasteiger partial charge < -0.3 is 5.73 Å². The number of nitrogens with two attached hydrogens (primary N) is 1. The number of rotatable bonds is 2. The molecule has 0 aliphatic rings. The number of hydrogen-bond acceptors (Lipinski definition) is 5. The Morgan fingerprint density at radius 3 is 1.60 bits per heavy atom. The van der Waals surface area contributed by atoms with Gasteiger partial charge in [0, 0.05) is 10.7 Å². The Labute approximate surface area is 150 Å². The van der Waals surface area contributed by atoms with Crippen LogP contribution in [-0.4, -0.2) is 29.3 Å². The highest BCUT2D eigenvalue weighted by atomic mass is 35.7. The van der Waals surface area contributed by atoms with Crippen molar-refractivity contribution in [2.75, 3.05) is 23.0 Å². The molecule has 0 bridgehead atoms. The summed E-state index contributed by atoms with van der Waals surface area (Å²) in [6, 6.07) is 11.7. The van der Waals surface area contributed by atoms with Gasteiger partial charge in [0.1, 0.15) is 11.6 Å². The summed E-state index contributed by atoms with van der Waals surface area (Å²) in [5, 5.41) is 0. The van der Waals surface area contributed by atoms with Crippen LogP contribution in [0.3, 0.4) is 0 Å².